The molecular weight excluding hydrogens is 1020 g/mol. The Bertz CT molecular complexity index is 1920. The van der Waals surface area contributed by atoms with Crippen molar-refractivity contribution in [1.82, 2.24) is 0 Å². The second-order valence-electron chi connectivity index (χ2n) is 18.2. The van der Waals surface area contributed by atoms with Crippen molar-refractivity contribution in [3.8, 4) is 0 Å². The van der Waals surface area contributed by atoms with Crippen LogP contribution >= 0.6 is 0 Å². The first-order valence-corrected chi connectivity index (χ1v) is 30.4. The topological polar surface area (TPSA) is 103 Å². The molecule has 1 aliphatic rings. The van der Waals surface area contributed by atoms with Crippen LogP contribution in [0.5, 0.6) is 0 Å². The Labute approximate surface area is 380 Å². The Morgan fingerprint density at radius 1 is 0.746 bits per heavy atom. The molecule has 29 heteroatoms. The summed E-state index contributed by atoms with van der Waals surface area (Å²) in [6.45, 7) is 14.9. The van der Waals surface area contributed by atoms with Gasteiger partial charge in [0.1, 0.15) is 6.54 Å². The van der Waals surface area contributed by atoms with E-state index in [1.807, 2.05) is 40.8 Å². The lowest BCUT2D eigenvalue weighted by Crippen LogP contribution is -2.74. The molecule has 1 aromatic rings. The van der Waals surface area contributed by atoms with Crippen LogP contribution in [0.4, 0.5) is 74.6 Å². The molecule has 392 valence electrons. The number of rotatable bonds is 24. The fourth-order valence-electron chi connectivity index (χ4n) is 8.09. The van der Waals surface area contributed by atoms with Gasteiger partial charge in [0.15, 0.2) is 29.0 Å². The highest BCUT2D eigenvalue weighted by Crippen LogP contribution is 2.64. The first kappa shape index (κ1) is 61.0. The minimum absolute atomic E-state index is 0.0141. The second-order valence-corrected chi connectivity index (χ2v) is 33.2. The van der Waals surface area contributed by atoms with Gasteiger partial charge in [0.2, 0.25) is 0 Å². The lowest BCUT2D eigenvalue weighted by Gasteiger charge is -2.56. The minimum atomic E-state index is -8.76. The molecule has 1 fully saturated rings. The summed E-state index contributed by atoms with van der Waals surface area (Å²) in [5.41, 5.74) is 0.218. The van der Waals surface area contributed by atoms with Crippen LogP contribution in [0.1, 0.15) is 91.5 Å². The Morgan fingerprint density at radius 2 is 1.18 bits per heavy atom. The van der Waals surface area contributed by atoms with Crippen LogP contribution in [0.15, 0.2) is 24.5 Å². The molecule has 1 N–H and O–H groups in total. The van der Waals surface area contributed by atoms with Crippen LogP contribution in [0.2, 0.25) is 41.9 Å². The van der Waals surface area contributed by atoms with Gasteiger partial charge in [0.05, 0.1) is 24.7 Å². The number of carbonyl (C=O) groups excluding carboxylic acids is 1. The van der Waals surface area contributed by atoms with Crippen molar-refractivity contribution in [1.29, 1.82) is 0 Å². The summed E-state index contributed by atoms with van der Waals surface area (Å²) >= 11 is 0. The third-order valence-electron chi connectivity index (χ3n) is 12.7. The van der Waals surface area contributed by atoms with E-state index in [4.69, 9.17) is 17.5 Å². The Morgan fingerprint density at radius 3 is 1.57 bits per heavy atom. The van der Waals surface area contributed by atoms with Crippen molar-refractivity contribution in [2.45, 2.75) is 182 Å². The molecule has 2 rings (SSSR count). The molecule has 1 saturated heterocycles. The van der Waals surface area contributed by atoms with Crippen LogP contribution in [0.3, 0.4) is 0 Å². The number of hydrogen-bond donors (Lipinski definition) is 1. The maximum Gasteiger partial charge on any atom is 0.460 e. The van der Waals surface area contributed by atoms with Gasteiger partial charge in [-0.1, -0.05) is 54.4 Å². The van der Waals surface area contributed by atoms with E-state index in [0.717, 1.165) is 0 Å². The molecule has 1 aromatic heterocycles. The number of alkyl halides is 17. The van der Waals surface area contributed by atoms with Crippen LogP contribution in [0.25, 0.3) is 0 Å². The van der Waals surface area contributed by atoms with Gasteiger partial charge in [-0.25, -0.2) is 4.57 Å². The number of ether oxygens (including phenoxy) is 1. The average Bonchev–Trinajstić information content (AvgIpc) is 3.15. The first-order valence-electron chi connectivity index (χ1n) is 21.1. The number of halogens is 17. The summed E-state index contributed by atoms with van der Waals surface area (Å²) in [7, 11) is -13.4. The van der Waals surface area contributed by atoms with Gasteiger partial charge in [-0.05, 0) is 60.7 Å². The van der Waals surface area contributed by atoms with Gasteiger partial charge in [-0.2, -0.15) is 83.1 Å². The molecule has 5 unspecified atom stereocenters. The monoisotopic (exact) mass is 1080 g/mol. The van der Waals surface area contributed by atoms with Crippen molar-refractivity contribution in [3.05, 3.63) is 30.1 Å². The van der Waals surface area contributed by atoms with Gasteiger partial charge in [-0.3, -0.25) is 9.35 Å². The normalized spacial score (nSPS) is 23.7. The van der Waals surface area contributed by atoms with Gasteiger partial charge in [0, 0.05) is 24.1 Å². The Kier molecular flexibility index (Phi) is 18.7. The smallest absolute Gasteiger partial charge is 0.460 e. The minimum Gasteiger partial charge on any atom is -0.465 e. The SMILES string of the molecule is CCCC(CC(C(=O)OCCC(F)(F)C(F)(F)C(F)(F)C(F)(F)C(F)(F)C(F)(F)C(F)(F)C(F)(F)F)C(CC)[Si]1(C)O[Si](C)(C(C)C)C[Si](C)(C(C)C)O1)c1cc[n+](CCCS(=O)(=O)O)cc1. The molecule has 0 amide bonds. The highest BCUT2D eigenvalue weighted by molar-refractivity contribution is 7.85. The summed E-state index contributed by atoms with van der Waals surface area (Å²) < 4.78 is 289. The van der Waals surface area contributed by atoms with E-state index in [1.165, 1.54) is 0 Å². The summed E-state index contributed by atoms with van der Waals surface area (Å²) in [5.74, 6) is -61.6. The summed E-state index contributed by atoms with van der Waals surface area (Å²) in [6.07, 6.45) is -7.05. The second kappa shape index (κ2) is 20.6. The predicted octanol–water partition coefficient (Wildman–Crippen LogP) is 12.5. The molecule has 0 spiro atoms. The number of hydrogen-bond acceptors (Lipinski definition) is 6. The van der Waals surface area contributed by atoms with E-state index in [0.29, 0.717) is 24.1 Å². The number of esters is 1. The van der Waals surface area contributed by atoms with Gasteiger partial charge in [-0.15, -0.1) is 0 Å². The molecule has 67 heavy (non-hydrogen) atoms. The molecule has 0 aliphatic carbocycles. The van der Waals surface area contributed by atoms with Crippen molar-refractivity contribution in [3.63, 3.8) is 0 Å². The van der Waals surface area contributed by atoms with E-state index in [1.54, 1.807) is 49.5 Å². The van der Waals surface area contributed by atoms with Crippen molar-refractivity contribution in [2.24, 2.45) is 5.92 Å². The standard InChI is InChI=1S/C38H56F17NO7SSi3/c1-10-13-27(26-14-18-56(19-15-26)17-12-21-64(58,59)60)22-28(29(11-2)67(9)62-65(7,24(3)4)23-66(8,63-67)25(5)6)30(57)61-20-16-31(39,40)32(41,42)33(43,44)34(45,46)35(47,48)36(49,50)37(51,52)38(53,54)55/h14-15,18-19,24-25,27-29H,10-13,16-17,20-23H2,1-9H3/p+1. The van der Waals surface area contributed by atoms with E-state index in [9.17, 15) is 79.1 Å². The van der Waals surface area contributed by atoms with Crippen LogP contribution < -0.4 is 4.57 Å². The molecular formula is C38H57F17NO7SSi3+. The van der Waals surface area contributed by atoms with Crippen LogP contribution in [-0.4, -0.2) is 104 Å². The van der Waals surface area contributed by atoms with E-state index >= 15 is 8.78 Å². The number of aryl methyl sites for hydroxylation is 1. The zero-order chi connectivity index (χ0) is 52.6. The molecule has 0 aromatic carbocycles. The fraction of sp³-hybridized carbons (Fsp3) is 0.842. The maximum absolute atomic E-state index is 15.0. The molecule has 0 radical (unpaired) electrons. The van der Waals surface area contributed by atoms with Crippen LogP contribution in [0, 0.1) is 5.92 Å². The van der Waals surface area contributed by atoms with Crippen LogP contribution in [-0.2, 0) is 34.4 Å². The molecule has 1 aliphatic heterocycles. The Hall–Kier alpha value is -2.09. The Balaban J connectivity index is 2.66. The van der Waals surface area contributed by atoms with Crippen molar-refractivity contribution < 1.29 is 110 Å². The quantitative estimate of drug-likeness (QED) is 0.0362. The lowest BCUT2D eigenvalue weighted by molar-refractivity contribution is -0.696. The van der Waals surface area contributed by atoms with Gasteiger partial charge < -0.3 is 13.0 Å². The summed E-state index contributed by atoms with van der Waals surface area (Å²) in [5, 5.41) is 0. The van der Waals surface area contributed by atoms with E-state index in [2.05, 4.69) is 0 Å². The van der Waals surface area contributed by atoms with Crippen molar-refractivity contribution in [2.75, 3.05) is 12.4 Å². The average molecular weight is 1080 g/mol. The van der Waals surface area contributed by atoms with Gasteiger partial charge in [0.25, 0.3) is 10.1 Å². The molecule has 0 saturated carbocycles. The molecule has 0 bridgehead atoms. The maximum atomic E-state index is 15.0. The molecule has 8 nitrogen and oxygen atoms in total. The highest BCUT2D eigenvalue weighted by Gasteiger charge is 2.95. The number of carbonyl (C=O) groups is 1. The highest BCUT2D eigenvalue weighted by atomic mass is 32.2. The number of nitrogens with zero attached hydrogens (tertiary/aromatic N) is 1. The summed E-state index contributed by atoms with van der Waals surface area (Å²) in [4.78, 5) is 14.2. The van der Waals surface area contributed by atoms with Crippen molar-refractivity contribution >= 4 is 41.3 Å². The largest absolute Gasteiger partial charge is 0.465 e. The zero-order valence-corrected chi connectivity index (χ0v) is 41.8. The van der Waals surface area contributed by atoms with E-state index < -0.39 is 125 Å². The number of pyridine rings is 1. The lowest BCUT2D eigenvalue weighted by atomic mass is 9.84. The summed E-state index contributed by atoms with van der Waals surface area (Å²) in [6, 6.07) is 3.22. The third-order valence-corrected chi connectivity index (χ3v) is 33.2. The van der Waals surface area contributed by atoms with E-state index in [-0.39, 0.29) is 36.9 Å². The zero-order valence-electron chi connectivity index (χ0n) is 37.9. The third kappa shape index (κ3) is 12.2. The molecule has 2 heterocycles. The van der Waals surface area contributed by atoms with Gasteiger partial charge >= 0.3 is 62.2 Å². The number of aromatic nitrogens is 1. The fourth-order valence-corrected chi connectivity index (χ4v) is 32.1. The molecule has 5 atom stereocenters. The first-order chi connectivity index (χ1) is 29.8. The predicted molar refractivity (Wildman–Crippen MR) is 216 cm³/mol.